The lowest BCUT2D eigenvalue weighted by Gasteiger charge is -2.06. The number of carboxylic acids is 1. The van der Waals surface area contributed by atoms with E-state index in [4.69, 9.17) is 5.11 Å². The van der Waals surface area contributed by atoms with E-state index in [0.29, 0.717) is 0 Å². The first-order valence-electron chi connectivity index (χ1n) is 5.51. The zero-order valence-corrected chi connectivity index (χ0v) is 10.6. The molecule has 0 radical (unpaired) electrons. The molecule has 0 amide bonds. The molecule has 1 aliphatic rings. The molecule has 1 saturated carbocycles. The van der Waals surface area contributed by atoms with Crippen LogP contribution in [-0.4, -0.2) is 21.8 Å². The van der Waals surface area contributed by atoms with Gasteiger partial charge in [0, 0.05) is 11.1 Å². The van der Waals surface area contributed by atoms with Gasteiger partial charge in [0.05, 0.1) is 5.69 Å². The molecule has 0 atom stereocenters. The molecule has 88 valence electrons. The fraction of sp³-hybridized carbons (Fsp3) is 0.636. The lowest BCUT2D eigenvalue weighted by atomic mass is 10.1. The van der Waals surface area contributed by atoms with Gasteiger partial charge in [-0.2, -0.15) is 11.8 Å². The number of carbonyl (C=O) groups is 1. The van der Waals surface area contributed by atoms with Crippen LogP contribution in [0.5, 0.6) is 0 Å². The first-order chi connectivity index (χ1) is 7.75. The van der Waals surface area contributed by atoms with Gasteiger partial charge >= 0.3 is 5.97 Å². The smallest absolute Gasteiger partial charge is 0.365 e. The Morgan fingerprint density at radius 2 is 2.31 bits per heavy atom. The standard InChI is InChI=1S/C11H15NO2S2/c13-11(14)10-12-9(7-16-10)6-15-5-8-3-1-2-4-8/h7-8H,1-6H2,(H,13,14). The van der Waals surface area contributed by atoms with Gasteiger partial charge in [-0.15, -0.1) is 11.3 Å². The van der Waals surface area contributed by atoms with E-state index in [1.807, 2.05) is 17.1 Å². The zero-order valence-electron chi connectivity index (χ0n) is 9.02. The summed E-state index contributed by atoms with van der Waals surface area (Å²) >= 11 is 3.10. The summed E-state index contributed by atoms with van der Waals surface area (Å²) in [6.45, 7) is 0. The van der Waals surface area contributed by atoms with E-state index in [9.17, 15) is 4.79 Å². The lowest BCUT2D eigenvalue weighted by molar-refractivity contribution is 0.0696. The van der Waals surface area contributed by atoms with Crippen LogP contribution in [0.25, 0.3) is 0 Å². The first-order valence-corrected chi connectivity index (χ1v) is 7.54. The van der Waals surface area contributed by atoms with Crippen molar-refractivity contribution in [2.75, 3.05) is 5.75 Å². The van der Waals surface area contributed by atoms with Gasteiger partial charge in [-0.1, -0.05) is 12.8 Å². The van der Waals surface area contributed by atoms with E-state index in [1.165, 1.54) is 42.8 Å². The highest BCUT2D eigenvalue weighted by Gasteiger charge is 2.15. The Bertz CT molecular complexity index is 359. The molecule has 16 heavy (non-hydrogen) atoms. The Labute approximate surface area is 103 Å². The van der Waals surface area contributed by atoms with Crippen LogP contribution in [0.1, 0.15) is 41.2 Å². The van der Waals surface area contributed by atoms with Crippen LogP contribution in [0.15, 0.2) is 5.38 Å². The van der Waals surface area contributed by atoms with E-state index < -0.39 is 5.97 Å². The van der Waals surface area contributed by atoms with Crippen LogP contribution in [0.3, 0.4) is 0 Å². The number of hydrogen-bond donors (Lipinski definition) is 1. The molecule has 1 aromatic heterocycles. The predicted molar refractivity (Wildman–Crippen MR) is 67.2 cm³/mol. The fourth-order valence-electron chi connectivity index (χ4n) is 1.98. The van der Waals surface area contributed by atoms with Crippen LogP contribution in [0, 0.1) is 5.92 Å². The number of thiazole rings is 1. The third kappa shape index (κ3) is 3.22. The number of nitrogens with zero attached hydrogens (tertiary/aromatic N) is 1. The summed E-state index contributed by atoms with van der Waals surface area (Å²) in [4.78, 5) is 14.7. The van der Waals surface area contributed by atoms with Gasteiger partial charge in [-0.05, 0) is 24.5 Å². The van der Waals surface area contributed by atoms with Crippen LogP contribution in [0.4, 0.5) is 0 Å². The minimum Gasteiger partial charge on any atom is -0.476 e. The second kappa shape index (κ2) is 5.68. The molecule has 1 aliphatic carbocycles. The molecule has 2 rings (SSSR count). The molecule has 0 saturated heterocycles. The minimum atomic E-state index is -0.919. The summed E-state index contributed by atoms with van der Waals surface area (Å²) in [5, 5.41) is 10.8. The number of aromatic carboxylic acids is 1. The van der Waals surface area contributed by atoms with Crippen LogP contribution < -0.4 is 0 Å². The van der Waals surface area contributed by atoms with Crippen molar-refractivity contribution in [3.05, 3.63) is 16.1 Å². The second-order valence-corrected chi connectivity index (χ2v) is 6.00. The maximum Gasteiger partial charge on any atom is 0.365 e. The van der Waals surface area contributed by atoms with E-state index in [1.54, 1.807) is 0 Å². The number of aromatic nitrogens is 1. The van der Waals surface area contributed by atoms with Gasteiger partial charge in [0.2, 0.25) is 5.01 Å². The topological polar surface area (TPSA) is 50.2 Å². The van der Waals surface area contributed by atoms with Crippen LogP contribution >= 0.6 is 23.1 Å². The van der Waals surface area contributed by atoms with Crippen LogP contribution in [-0.2, 0) is 5.75 Å². The fourth-order valence-corrected chi connectivity index (χ4v) is 3.88. The molecule has 1 fully saturated rings. The molecule has 1 N–H and O–H groups in total. The third-order valence-electron chi connectivity index (χ3n) is 2.81. The van der Waals surface area contributed by atoms with Crippen LogP contribution in [0.2, 0.25) is 0 Å². The van der Waals surface area contributed by atoms with Gasteiger partial charge in [0.15, 0.2) is 0 Å². The summed E-state index contributed by atoms with van der Waals surface area (Å²) in [6.07, 6.45) is 5.49. The highest BCUT2D eigenvalue weighted by Crippen LogP contribution is 2.29. The number of thioether (sulfide) groups is 1. The van der Waals surface area contributed by atoms with Gasteiger partial charge in [-0.3, -0.25) is 0 Å². The third-order valence-corrected chi connectivity index (χ3v) is 4.90. The van der Waals surface area contributed by atoms with Crippen molar-refractivity contribution in [1.29, 1.82) is 0 Å². The van der Waals surface area contributed by atoms with E-state index in [2.05, 4.69) is 4.98 Å². The van der Waals surface area contributed by atoms with Crippen molar-refractivity contribution >= 4 is 29.1 Å². The summed E-state index contributed by atoms with van der Waals surface area (Å²) in [5.74, 6) is 2.00. The van der Waals surface area contributed by atoms with Crippen molar-refractivity contribution in [1.82, 2.24) is 4.98 Å². The first kappa shape index (κ1) is 11.9. The highest BCUT2D eigenvalue weighted by molar-refractivity contribution is 7.98. The van der Waals surface area contributed by atoms with E-state index >= 15 is 0 Å². The highest BCUT2D eigenvalue weighted by atomic mass is 32.2. The number of hydrogen-bond acceptors (Lipinski definition) is 4. The quantitative estimate of drug-likeness (QED) is 0.879. The average Bonchev–Trinajstić information content (AvgIpc) is 2.87. The number of carboxylic acid groups (broad SMARTS) is 1. The molecule has 0 aromatic carbocycles. The van der Waals surface area contributed by atoms with Gasteiger partial charge in [0.1, 0.15) is 0 Å². The Balaban J connectivity index is 1.74. The molecule has 0 unspecified atom stereocenters. The molecule has 3 nitrogen and oxygen atoms in total. The Hall–Kier alpha value is -0.550. The maximum atomic E-state index is 10.6. The molecule has 1 aromatic rings. The van der Waals surface area contributed by atoms with Crippen molar-refractivity contribution in [2.45, 2.75) is 31.4 Å². The van der Waals surface area contributed by atoms with Crippen molar-refractivity contribution in [3.63, 3.8) is 0 Å². The SMILES string of the molecule is O=C(O)c1nc(CSCC2CCCC2)cs1. The lowest BCUT2D eigenvalue weighted by Crippen LogP contribution is -1.98. The molecule has 5 heteroatoms. The average molecular weight is 257 g/mol. The van der Waals surface area contributed by atoms with E-state index in [-0.39, 0.29) is 5.01 Å². The number of rotatable bonds is 5. The predicted octanol–water partition coefficient (Wildman–Crippen LogP) is 3.26. The largest absolute Gasteiger partial charge is 0.476 e. The minimum absolute atomic E-state index is 0.205. The van der Waals surface area contributed by atoms with Gasteiger partial charge < -0.3 is 5.11 Å². The summed E-state index contributed by atoms with van der Waals surface area (Å²) < 4.78 is 0. The van der Waals surface area contributed by atoms with Crippen molar-refractivity contribution in [3.8, 4) is 0 Å². The Morgan fingerprint density at radius 1 is 1.56 bits per heavy atom. The zero-order chi connectivity index (χ0) is 11.4. The molecule has 0 aliphatic heterocycles. The monoisotopic (exact) mass is 257 g/mol. The molecule has 1 heterocycles. The molecule has 0 spiro atoms. The Kier molecular flexibility index (Phi) is 4.23. The van der Waals surface area contributed by atoms with Gasteiger partial charge in [-0.25, -0.2) is 9.78 Å². The van der Waals surface area contributed by atoms with E-state index in [0.717, 1.165) is 17.4 Å². The summed E-state index contributed by atoms with van der Waals surface area (Å²) in [6, 6.07) is 0. The maximum absolute atomic E-state index is 10.6. The van der Waals surface area contributed by atoms with Crippen molar-refractivity contribution < 1.29 is 9.90 Å². The molecule has 0 bridgehead atoms. The summed E-state index contributed by atoms with van der Waals surface area (Å²) in [5.41, 5.74) is 0.908. The summed E-state index contributed by atoms with van der Waals surface area (Å²) in [7, 11) is 0. The molecular formula is C11H15NO2S2. The van der Waals surface area contributed by atoms with Crippen molar-refractivity contribution in [2.24, 2.45) is 5.92 Å². The van der Waals surface area contributed by atoms with Gasteiger partial charge in [0.25, 0.3) is 0 Å². The second-order valence-electron chi connectivity index (χ2n) is 4.11. The molecular weight excluding hydrogens is 242 g/mol. The Morgan fingerprint density at radius 3 is 2.94 bits per heavy atom. The normalized spacial score (nSPS) is 16.8.